The number of nitrogens with two attached hydrogens (primary N) is 1. The highest BCUT2D eigenvalue weighted by atomic mass is 127. The molecule has 2 nitrogen and oxygen atoms in total. The van der Waals surface area contributed by atoms with Crippen LogP contribution in [0.15, 0.2) is 12.1 Å². The Morgan fingerprint density at radius 3 is 2.64 bits per heavy atom. The van der Waals surface area contributed by atoms with E-state index < -0.39 is 0 Å². The van der Waals surface area contributed by atoms with Gasteiger partial charge in [0.05, 0.1) is 5.69 Å². The molecule has 0 bridgehead atoms. The van der Waals surface area contributed by atoms with E-state index in [4.69, 9.17) is 5.73 Å². The number of nitrogen functional groups attached to an aromatic ring is 1. The molecule has 1 aromatic rings. The second kappa shape index (κ2) is 3.21. The Labute approximate surface area is 75.8 Å². The number of halogens is 1. The summed E-state index contributed by atoms with van der Waals surface area (Å²) in [5.74, 6) is 0.175. The first kappa shape index (κ1) is 8.52. The van der Waals surface area contributed by atoms with Gasteiger partial charge in [0.15, 0.2) is 0 Å². The van der Waals surface area contributed by atoms with Gasteiger partial charge in [-0.15, -0.1) is 0 Å². The molecule has 0 heterocycles. The molecular formula is C8H10INO. The predicted molar refractivity (Wildman–Crippen MR) is 57.1 cm³/mol. The second-order valence-corrected chi connectivity index (χ2v) is 4.10. The first-order valence-corrected chi connectivity index (χ1v) is 5.73. The number of phenolic OH excluding ortho intramolecular Hbond substituents is 1. The lowest BCUT2D eigenvalue weighted by molar-refractivity contribution is 0.477. The SMILES string of the molecule is C=Ic1c(C)ccc(O)c1N. The van der Waals surface area contributed by atoms with Crippen molar-refractivity contribution < 1.29 is 5.11 Å². The van der Waals surface area contributed by atoms with E-state index in [0.717, 1.165) is 9.13 Å². The van der Waals surface area contributed by atoms with E-state index in [9.17, 15) is 5.11 Å². The van der Waals surface area contributed by atoms with Crippen molar-refractivity contribution in [2.45, 2.75) is 6.92 Å². The first-order valence-electron chi connectivity index (χ1n) is 3.13. The monoisotopic (exact) mass is 263 g/mol. The van der Waals surface area contributed by atoms with E-state index in [1.54, 1.807) is 6.07 Å². The predicted octanol–water partition coefficient (Wildman–Crippen LogP) is 1.86. The Kier molecular flexibility index (Phi) is 2.49. The third-order valence-corrected chi connectivity index (χ3v) is 3.68. The fourth-order valence-electron chi connectivity index (χ4n) is 0.869. The normalized spacial score (nSPS) is 9.91. The summed E-state index contributed by atoms with van der Waals surface area (Å²) in [7, 11) is 0. The van der Waals surface area contributed by atoms with Crippen LogP contribution in [-0.4, -0.2) is 9.62 Å². The average molecular weight is 263 g/mol. The lowest BCUT2D eigenvalue weighted by Gasteiger charge is -2.04. The lowest BCUT2D eigenvalue weighted by Crippen LogP contribution is -1.92. The number of phenols is 1. The van der Waals surface area contributed by atoms with E-state index in [0.29, 0.717) is 5.69 Å². The van der Waals surface area contributed by atoms with Gasteiger partial charge in [-0.25, -0.2) is 0 Å². The van der Waals surface area contributed by atoms with Gasteiger partial charge in [-0.2, -0.15) is 0 Å². The summed E-state index contributed by atoms with van der Waals surface area (Å²) in [5.41, 5.74) is 7.27. The van der Waals surface area contributed by atoms with E-state index >= 15 is 0 Å². The fourth-order valence-corrected chi connectivity index (χ4v) is 2.34. The van der Waals surface area contributed by atoms with Crippen molar-refractivity contribution in [3.8, 4) is 5.75 Å². The van der Waals surface area contributed by atoms with E-state index in [1.807, 2.05) is 13.0 Å². The Hall–Kier alpha value is -0.580. The summed E-state index contributed by atoms with van der Waals surface area (Å²) in [6.07, 6.45) is 0. The number of anilines is 1. The highest BCUT2D eigenvalue weighted by Gasteiger charge is 2.03. The Bertz CT molecular complexity index is 296. The minimum absolute atomic E-state index is 0.175. The van der Waals surface area contributed by atoms with Gasteiger partial charge in [0.2, 0.25) is 0 Å². The van der Waals surface area contributed by atoms with Crippen LogP contribution < -0.4 is 5.73 Å². The van der Waals surface area contributed by atoms with Gasteiger partial charge in [-0.1, -0.05) is 31.3 Å². The van der Waals surface area contributed by atoms with Crippen molar-refractivity contribution in [3.05, 3.63) is 21.3 Å². The van der Waals surface area contributed by atoms with E-state index in [2.05, 4.69) is 4.51 Å². The van der Waals surface area contributed by atoms with Crippen molar-refractivity contribution in [3.63, 3.8) is 0 Å². The van der Waals surface area contributed by atoms with Gasteiger partial charge in [-0.3, -0.25) is 0 Å². The molecule has 0 aliphatic carbocycles. The van der Waals surface area contributed by atoms with Crippen molar-refractivity contribution in [2.24, 2.45) is 0 Å². The summed E-state index contributed by atoms with van der Waals surface area (Å²) in [5, 5.41) is 9.22. The molecule has 0 saturated heterocycles. The van der Waals surface area contributed by atoms with Gasteiger partial charge in [-0.05, 0) is 18.6 Å². The number of rotatable bonds is 1. The maximum Gasteiger partial charge on any atom is 0.139 e. The van der Waals surface area contributed by atoms with Crippen LogP contribution in [0.3, 0.4) is 0 Å². The molecule has 0 amide bonds. The number of hydrogen-bond acceptors (Lipinski definition) is 2. The molecule has 0 spiro atoms. The molecule has 0 aromatic heterocycles. The molecule has 0 fully saturated rings. The third-order valence-electron chi connectivity index (χ3n) is 1.48. The van der Waals surface area contributed by atoms with Crippen molar-refractivity contribution in [1.29, 1.82) is 0 Å². The van der Waals surface area contributed by atoms with E-state index in [1.165, 1.54) is 0 Å². The molecule has 0 unspecified atom stereocenters. The quantitative estimate of drug-likeness (QED) is 0.461. The minimum Gasteiger partial charge on any atom is -0.506 e. The van der Waals surface area contributed by atoms with Gasteiger partial charge in [0.25, 0.3) is 0 Å². The Morgan fingerprint density at radius 2 is 2.18 bits per heavy atom. The van der Waals surface area contributed by atoms with Crippen molar-refractivity contribution in [2.75, 3.05) is 5.73 Å². The highest BCUT2D eigenvalue weighted by Crippen LogP contribution is 2.29. The van der Waals surface area contributed by atoms with Crippen LogP contribution in [-0.2, 0) is 0 Å². The summed E-state index contributed by atoms with van der Waals surface area (Å²) in [6.45, 7) is 1.98. The van der Waals surface area contributed by atoms with Crippen LogP contribution in [0, 0.1) is 10.5 Å². The largest absolute Gasteiger partial charge is 0.506 e. The van der Waals surface area contributed by atoms with Crippen LogP contribution in [0.1, 0.15) is 5.56 Å². The molecule has 0 aliphatic rings. The fraction of sp³-hybridized carbons (Fsp3) is 0.125. The molecule has 1 rings (SSSR count). The van der Waals surface area contributed by atoms with Gasteiger partial charge < -0.3 is 10.8 Å². The summed E-state index contributed by atoms with van der Waals surface area (Å²) < 4.78 is 4.88. The standard InChI is InChI=1S/C8H10INO/c1-5-3-4-6(11)8(10)7(5)9-2/h3-4,11H,2,10H2,1H3. The summed E-state index contributed by atoms with van der Waals surface area (Å²) in [4.78, 5) is 0. The summed E-state index contributed by atoms with van der Waals surface area (Å²) >= 11 is -0.286. The number of aryl methyl sites for hydroxylation is 1. The minimum atomic E-state index is -0.286. The highest BCUT2D eigenvalue weighted by molar-refractivity contribution is 14.2. The van der Waals surface area contributed by atoms with Crippen LogP contribution in [0.5, 0.6) is 5.75 Å². The second-order valence-electron chi connectivity index (χ2n) is 2.26. The number of aromatic hydroxyl groups is 1. The van der Waals surface area contributed by atoms with Gasteiger partial charge in [0.1, 0.15) is 5.75 Å². The topological polar surface area (TPSA) is 46.2 Å². The van der Waals surface area contributed by atoms with Crippen LogP contribution in [0.2, 0.25) is 0 Å². The molecule has 0 saturated carbocycles. The molecule has 0 atom stereocenters. The Balaban J connectivity index is 3.40. The van der Waals surface area contributed by atoms with E-state index in [-0.39, 0.29) is 26.5 Å². The molecular weight excluding hydrogens is 253 g/mol. The first-order chi connectivity index (χ1) is 5.16. The van der Waals surface area contributed by atoms with Crippen molar-refractivity contribution >= 4 is 30.9 Å². The van der Waals surface area contributed by atoms with Crippen LogP contribution >= 0.6 is 20.7 Å². The number of hydrogen-bond donors (Lipinski definition) is 2. The van der Waals surface area contributed by atoms with Crippen LogP contribution in [0.25, 0.3) is 0 Å². The van der Waals surface area contributed by atoms with Gasteiger partial charge in [0, 0.05) is 3.57 Å². The maximum atomic E-state index is 9.22. The molecule has 1 aromatic carbocycles. The smallest absolute Gasteiger partial charge is 0.139 e. The molecule has 3 heteroatoms. The van der Waals surface area contributed by atoms with Crippen LogP contribution in [0.4, 0.5) is 5.69 Å². The van der Waals surface area contributed by atoms with Gasteiger partial charge >= 0.3 is 0 Å². The van der Waals surface area contributed by atoms with Crippen molar-refractivity contribution in [1.82, 2.24) is 0 Å². The maximum absolute atomic E-state index is 9.22. The summed E-state index contributed by atoms with van der Waals surface area (Å²) in [6, 6.07) is 3.49. The zero-order valence-electron chi connectivity index (χ0n) is 6.26. The molecule has 0 radical (unpaired) electrons. The molecule has 60 valence electrons. The zero-order chi connectivity index (χ0) is 8.43. The zero-order valence-corrected chi connectivity index (χ0v) is 8.42. The molecule has 11 heavy (non-hydrogen) atoms. The number of benzene rings is 1. The molecule has 3 N–H and O–H groups in total. The third kappa shape index (κ3) is 1.53. The average Bonchev–Trinajstić information content (AvgIpc) is 1.99. The lowest BCUT2D eigenvalue weighted by atomic mass is 10.2. The molecule has 0 aliphatic heterocycles. The Morgan fingerprint density at radius 1 is 1.55 bits per heavy atom.